The average Bonchev–Trinajstić information content (AvgIpc) is 3.44. The number of rotatable bonds is 9. The first-order chi connectivity index (χ1) is 23.8. The van der Waals surface area contributed by atoms with Gasteiger partial charge in [0.2, 0.25) is 5.91 Å². The lowest BCUT2D eigenvalue weighted by atomic mass is 9.72. The van der Waals surface area contributed by atoms with Gasteiger partial charge in [0.25, 0.3) is 0 Å². The maximum absolute atomic E-state index is 14.6. The van der Waals surface area contributed by atoms with Gasteiger partial charge in [-0.05, 0) is 36.2 Å². The Hall–Kier alpha value is -5.89. The highest BCUT2D eigenvalue weighted by Crippen LogP contribution is 2.40. The Kier molecular flexibility index (Phi) is 10.4. The van der Waals surface area contributed by atoms with Crippen molar-refractivity contribution in [3.8, 4) is 17.2 Å². The number of urea groups is 3. The van der Waals surface area contributed by atoms with Crippen molar-refractivity contribution < 1.29 is 57.8 Å². The average molecular weight is 718 g/mol. The Morgan fingerprint density at radius 1 is 1.08 bits per heavy atom. The molecule has 0 aliphatic carbocycles. The van der Waals surface area contributed by atoms with E-state index in [1.165, 1.54) is 23.4 Å². The van der Waals surface area contributed by atoms with Gasteiger partial charge >= 0.3 is 31.2 Å². The molecule has 8 N–H and O–H groups in total. The molecular formula is C29H27BClF2N7O10. The lowest BCUT2D eigenvalue weighted by molar-refractivity contribution is -0.123. The van der Waals surface area contributed by atoms with Gasteiger partial charge in [0.05, 0.1) is 11.0 Å². The molecule has 3 aromatic rings. The topological polar surface area (TPSA) is 243 Å². The number of nitrogens with zero attached hydrogens (tertiary/aromatic N) is 3. The van der Waals surface area contributed by atoms with E-state index in [0.29, 0.717) is 11.8 Å². The molecule has 262 valence electrons. The van der Waals surface area contributed by atoms with Crippen LogP contribution in [0.15, 0.2) is 42.7 Å². The Morgan fingerprint density at radius 3 is 2.50 bits per heavy atom. The summed E-state index contributed by atoms with van der Waals surface area (Å²) in [6, 6.07) is 1.25. The number of carboxylic acid groups (broad SMARTS) is 1. The molecule has 0 saturated carbocycles. The largest absolute Gasteiger partial charge is 0.547 e. The van der Waals surface area contributed by atoms with Crippen LogP contribution < -0.4 is 25.9 Å². The van der Waals surface area contributed by atoms with Crippen molar-refractivity contribution >= 4 is 54.4 Å². The van der Waals surface area contributed by atoms with E-state index >= 15 is 0 Å². The normalized spacial score (nSPS) is 15.9. The standard InChI is InChI=1S/C29H27BClF2N7O10/c31-20-15(12-17(33)22(41)23(20)42)21(25(43)37-18-11-13-1-2-16(32)19(26(44)45)24(13)50-30(18)49)38-28(47)40-10-9-39(29(40)48)8-7-35-27(46)36-14-3-5-34-6-4-14/h1-6,12,18,21,41-42,49H,7-11H2,(H,37,43)(H,38,47)(H,44,45)(H2,34,35,36,46)/t18-,21?/m0/s1. The number of imide groups is 1. The summed E-state index contributed by atoms with van der Waals surface area (Å²) >= 11 is 6.13. The van der Waals surface area contributed by atoms with E-state index in [0.717, 1.165) is 11.0 Å². The Labute approximate surface area is 285 Å². The minimum absolute atomic E-state index is 0.000328. The van der Waals surface area contributed by atoms with Crippen molar-refractivity contribution in [1.82, 2.24) is 30.7 Å². The van der Waals surface area contributed by atoms with Crippen molar-refractivity contribution in [3.63, 3.8) is 0 Å². The van der Waals surface area contributed by atoms with Gasteiger partial charge in [-0.1, -0.05) is 17.7 Å². The molecule has 2 atom stereocenters. The van der Waals surface area contributed by atoms with Crippen LogP contribution in [0.4, 0.5) is 28.9 Å². The number of carboxylic acids is 1. The predicted octanol–water partition coefficient (Wildman–Crippen LogP) is 1.57. The molecule has 21 heteroatoms. The lowest BCUT2D eigenvalue weighted by Gasteiger charge is -2.31. The molecule has 1 unspecified atom stereocenters. The van der Waals surface area contributed by atoms with Crippen molar-refractivity contribution in [2.75, 3.05) is 31.5 Å². The molecule has 1 saturated heterocycles. The number of anilines is 1. The molecule has 17 nitrogen and oxygen atoms in total. The molecule has 0 spiro atoms. The third kappa shape index (κ3) is 7.40. The summed E-state index contributed by atoms with van der Waals surface area (Å²) in [4.78, 5) is 69.6. The van der Waals surface area contributed by atoms with Gasteiger partial charge in [-0.2, -0.15) is 0 Å². The fourth-order valence-corrected chi connectivity index (χ4v) is 5.49. The highest BCUT2D eigenvalue weighted by Gasteiger charge is 2.42. The maximum Gasteiger partial charge on any atom is 0.547 e. The predicted molar refractivity (Wildman–Crippen MR) is 169 cm³/mol. The van der Waals surface area contributed by atoms with Gasteiger partial charge in [0.1, 0.15) is 23.2 Å². The molecule has 0 bridgehead atoms. The lowest BCUT2D eigenvalue weighted by Crippen LogP contribution is -2.56. The van der Waals surface area contributed by atoms with Crippen LogP contribution in [0.2, 0.25) is 5.02 Å². The summed E-state index contributed by atoms with van der Waals surface area (Å²) in [7, 11) is -1.93. The number of hydrogen-bond acceptors (Lipinski definition) is 10. The first-order valence-electron chi connectivity index (χ1n) is 14.7. The first kappa shape index (κ1) is 35.4. The molecule has 50 heavy (non-hydrogen) atoms. The zero-order chi connectivity index (χ0) is 36.3. The minimum Gasteiger partial charge on any atom is -0.534 e. The quantitative estimate of drug-likeness (QED) is 0.117. The number of aromatic carboxylic acids is 1. The van der Waals surface area contributed by atoms with Gasteiger partial charge in [-0.25, -0.2) is 32.9 Å². The van der Waals surface area contributed by atoms with Crippen LogP contribution >= 0.6 is 11.6 Å². The third-order valence-corrected chi connectivity index (χ3v) is 8.13. The van der Waals surface area contributed by atoms with Gasteiger partial charge in [0.15, 0.2) is 17.3 Å². The number of aromatic nitrogens is 1. The zero-order valence-electron chi connectivity index (χ0n) is 25.5. The smallest absolute Gasteiger partial charge is 0.534 e. The number of phenols is 2. The highest BCUT2D eigenvalue weighted by atomic mass is 35.5. The molecule has 2 aromatic carbocycles. The molecular weight excluding hydrogens is 691 g/mol. The summed E-state index contributed by atoms with van der Waals surface area (Å²) in [6.45, 7) is -0.135. The second-order valence-corrected chi connectivity index (χ2v) is 11.3. The van der Waals surface area contributed by atoms with Crippen LogP contribution in [-0.4, -0.2) is 104 Å². The molecule has 5 rings (SSSR count). The molecule has 0 radical (unpaired) electrons. The molecule has 2 aliphatic heterocycles. The van der Waals surface area contributed by atoms with Crippen LogP contribution in [0.3, 0.4) is 0 Å². The number of fused-ring (bicyclic) bond motifs is 1. The van der Waals surface area contributed by atoms with Crippen LogP contribution in [-0.2, 0) is 11.2 Å². The fraction of sp³-hybridized carbons (Fsp3) is 0.241. The number of benzene rings is 2. The minimum atomic E-state index is -1.97. The van der Waals surface area contributed by atoms with Crippen LogP contribution in [0, 0.1) is 11.6 Å². The van der Waals surface area contributed by atoms with Crippen molar-refractivity contribution in [2.45, 2.75) is 18.4 Å². The number of amides is 7. The van der Waals surface area contributed by atoms with E-state index in [-0.39, 0.29) is 38.2 Å². The second-order valence-electron chi connectivity index (χ2n) is 10.9. The number of carbonyl (C=O) groups excluding carboxylic acids is 4. The monoisotopic (exact) mass is 717 g/mol. The number of carbonyl (C=O) groups is 5. The molecule has 1 fully saturated rings. The van der Waals surface area contributed by atoms with E-state index in [1.54, 1.807) is 12.1 Å². The van der Waals surface area contributed by atoms with E-state index in [2.05, 4.69) is 26.3 Å². The van der Waals surface area contributed by atoms with Crippen molar-refractivity contribution in [2.24, 2.45) is 0 Å². The molecule has 1 aromatic heterocycles. The van der Waals surface area contributed by atoms with Gasteiger partial charge in [-0.3, -0.25) is 9.78 Å². The van der Waals surface area contributed by atoms with Crippen LogP contribution in [0.1, 0.15) is 27.5 Å². The highest BCUT2D eigenvalue weighted by molar-refractivity contribution is 6.47. The summed E-state index contributed by atoms with van der Waals surface area (Å²) in [5, 5.41) is 49.0. The third-order valence-electron chi connectivity index (χ3n) is 7.73. The van der Waals surface area contributed by atoms with Crippen LogP contribution in [0.5, 0.6) is 17.2 Å². The van der Waals surface area contributed by atoms with E-state index in [1.807, 2.05) is 0 Å². The van der Waals surface area contributed by atoms with E-state index in [9.17, 15) is 53.1 Å². The van der Waals surface area contributed by atoms with Gasteiger partial charge in [-0.15, -0.1) is 0 Å². The molecule has 3 heterocycles. The Morgan fingerprint density at radius 2 is 1.80 bits per heavy atom. The SMILES string of the molecule is O=C(NCCN1CCN(C(=O)NC(C(=O)N[C@H]2Cc3ccc(F)c(C(=O)O)c3OB2O)c2cc(F)c(O)c(O)c2Cl)C1=O)Nc1ccncc1. The first-order valence-corrected chi connectivity index (χ1v) is 15.1. The fourth-order valence-electron chi connectivity index (χ4n) is 5.24. The van der Waals surface area contributed by atoms with Crippen molar-refractivity contribution in [1.29, 1.82) is 0 Å². The maximum atomic E-state index is 14.6. The number of hydrogen-bond donors (Lipinski definition) is 8. The summed E-state index contributed by atoms with van der Waals surface area (Å²) in [5.41, 5.74) is -0.818. The number of nitrogens with one attached hydrogen (secondary N) is 4. The Balaban J connectivity index is 1.29. The van der Waals surface area contributed by atoms with E-state index < -0.39 is 94.1 Å². The number of halogens is 3. The molecule has 7 amide bonds. The summed E-state index contributed by atoms with van der Waals surface area (Å²) < 4.78 is 34.0. The summed E-state index contributed by atoms with van der Waals surface area (Å²) in [5.74, 6) is -9.60. The Bertz CT molecular complexity index is 1860. The van der Waals surface area contributed by atoms with E-state index in [4.69, 9.17) is 16.3 Å². The van der Waals surface area contributed by atoms with Gasteiger partial charge in [0, 0.05) is 49.8 Å². The van der Waals surface area contributed by atoms with Crippen LogP contribution in [0.25, 0.3) is 0 Å². The van der Waals surface area contributed by atoms with Crippen molar-refractivity contribution in [3.05, 3.63) is 76.1 Å². The molecule has 2 aliphatic rings. The number of aromatic hydroxyl groups is 2. The number of pyridine rings is 1. The summed E-state index contributed by atoms with van der Waals surface area (Å²) in [6.07, 6.45) is 2.67. The number of phenolic OH excluding ortho intramolecular Hbond substituents is 2. The second kappa shape index (κ2) is 14.7. The zero-order valence-corrected chi connectivity index (χ0v) is 26.3. The van der Waals surface area contributed by atoms with Gasteiger partial charge < -0.3 is 51.2 Å².